The number of aromatic nitrogens is 2. The number of nitrogens with zero attached hydrogens (tertiary/aromatic N) is 7. The fourth-order valence-electron chi connectivity index (χ4n) is 16.6. The van der Waals surface area contributed by atoms with Gasteiger partial charge in [-0.15, -0.1) is 0 Å². The fourth-order valence-corrected chi connectivity index (χ4v) is 18.2. The number of aliphatic carboxylic acids is 1. The first-order valence-electron chi connectivity index (χ1n) is 32.8. The van der Waals surface area contributed by atoms with Crippen LogP contribution in [0.15, 0.2) is 72.8 Å². The third-order valence-electron chi connectivity index (χ3n) is 22.0. The number of ether oxygens (including phenoxy) is 2. The van der Waals surface area contributed by atoms with Crippen LogP contribution in [0.5, 0.6) is 11.5 Å². The van der Waals surface area contributed by atoms with Crippen molar-refractivity contribution in [1.82, 2.24) is 47.2 Å². The Morgan fingerprint density at radius 2 is 1.27 bits per heavy atom. The third-order valence-corrected chi connectivity index (χ3v) is 24.9. The molecule has 4 unspecified atom stereocenters. The topological polar surface area (TPSA) is 237 Å². The highest BCUT2D eigenvalue weighted by Gasteiger charge is 2.65. The molecule has 4 aliphatic carbocycles. The summed E-state index contributed by atoms with van der Waals surface area (Å²) in [5.74, 6) is 0.121. The van der Waals surface area contributed by atoms with Crippen LogP contribution in [0.25, 0.3) is 44.3 Å². The molecule has 8 heterocycles. The first kappa shape index (κ1) is 61.6. The van der Waals surface area contributed by atoms with Gasteiger partial charge >= 0.3 is 26.4 Å². The molecule has 4 atom stereocenters. The maximum absolute atomic E-state index is 14.6. The van der Waals surface area contributed by atoms with Gasteiger partial charge in [-0.3, -0.25) is 29.0 Å². The van der Waals surface area contributed by atoms with Crippen LogP contribution in [0, 0.1) is 10.8 Å². The van der Waals surface area contributed by atoms with Crippen LogP contribution >= 0.6 is 0 Å². The van der Waals surface area contributed by atoms with Crippen LogP contribution in [0.1, 0.15) is 144 Å². The number of amides is 3. The second kappa shape index (κ2) is 23.9. The highest BCUT2D eigenvalue weighted by atomic mass is 32.2. The monoisotopic (exact) mass is 1280 g/mol. The molecule has 16 rings (SSSR count). The number of carbonyl (C=O) groups excluding carboxylic acids is 3. The lowest BCUT2D eigenvalue weighted by molar-refractivity contribution is -0.144. The number of fused-ring (bicyclic) bond motifs is 17. The molecule has 6 bridgehead atoms. The number of hydrogen-bond donors (Lipinski definition) is 4. The van der Waals surface area contributed by atoms with Gasteiger partial charge in [-0.2, -0.15) is 25.4 Å². The van der Waals surface area contributed by atoms with E-state index in [2.05, 4.69) is 51.9 Å². The zero-order valence-electron chi connectivity index (χ0n) is 52.6. The normalized spacial score (nSPS) is 25.3. The molecule has 484 valence electrons. The SMILES string of the molecule is COc1ccc2c(c1)C1CC1(C(=O)O)Cn1c-2c(C2CCCCC2)c2ccc(C(=O)NS(=O)(=O)N(C)CCN3CCNCC3)cc21.COc1ccc2c(c1)C1CC13Cn1c-2c(C2CCCCC2)c2ccc(cc21)C(=O)NS(=O)(=O)N(C)CCN1CCN(CC1)C3=O. The molecule has 6 fully saturated rings. The van der Waals surface area contributed by atoms with Crippen LogP contribution in [-0.2, 0) is 43.1 Å². The third kappa shape index (κ3) is 11.0. The Hall–Kier alpha value is -6.86. The number of piperazine rings is 2. The van der Waals surface area contributed by atoms with E-state index in [0.717, 1.165) is 127 Å². The van der Waals surface area contributed by atoms with Crippen molar-refractivity contribution < 1.29 is 50.6 Å². The van der Waals surface area contributed by atoms with E-state index in [0.29, 0.717) is 75.4 Å². The lowest BCUT2D eigenvalue weighted by Gasteiger charge is -2.37. The van der Waals surface area contributed by atoms with E-state index in [1.807, 2.05) is 41.3 Å². The van der Waals surface area contributed by atoms with Gasteiger partial charge in [0.25, 0.3) is 11.8 Å². The van der Waals surface area contributed by atoms with E-state index in [4.69, 9.17) is 9.47 Å². The van der Waals surface area contributed by atoms with Gasteiger partial charge in [0, 0.05) is 162 Å². The van der Waals surface area contributed by atoms with Crippen LogP contribution in [-0.4, -0.2) is 185 Å². The summed E-state index contributed by atoms with van der Waals surface area (Å²) in [6.07, 6.45) is 12.6. The lowest BCUT2D eigenvalue weighted by atomic mass is 9.81. The molecule has 21 nitrogen and oxygen atoms in total. The molecule has 2 saturated heterocycles. The lowest BCUT2D eigenvalue weighted by Crippen LogP contribution is -2.53. The molecule has 3 amide bonds. The Bertz CT molecular complexity index is 4140. The van der Waals surface area contributed by atoms with Crippen molar-refractivity contribution in [2.24, 2.45) is 10.8 Å². The highest BCUT2D eigenvalue weighted by Crippen LogP contribution is 2.67. The number of methoxy groups -OCH3 is 2. The van der Waals surface area contributed by atoms with Crippen molar-refractivity contribution in [1.29, 1.82) is 0 Å². The largest absolute Gasteiger partial charge is 0.497 e. The quantitative estimate of drug-likeness (QED) is 0.0975. The Kier molecular flexibility index (Phi) is 16.2. The van der Waals surface area contributed by atoms with Crippen molar-refractivity contribution in [3.05, 3.63) is 106 Å². The van der Waals surface area contributed by atoms with E-state index in [1.54, 1.807) is 32.4 Å². The number of carboxylic acids is 1. The maximum Gasteiger partial charge on any atom is 0.312 e. The van der Waals surface area contributed by atoms with E-state index in [1.165, 1.54) is 65.1 Å². The summed E-state index contributed by atoms with van der Waals surface area (Å²) < 4.78 is 75.4. The van der Waals surface area contributed by atoms with E-state index in [9.17, 15) is 41.1 Å². The predicted molar refractivity (Wildman–Crippen MR) is 347 cm³/mol. The highest BCUT2D eigenvalue weighted by molar-refractivity contribution is 7.88. The fraction of sp³-hybridized carbons (Fsp3) is 0.529. The van der Waals surface area contributed by atoms with Crippen LogP contribution < -0.4 is 24.2 Å². The summed E-state index contributed by atoms with van der Waals surface area (Å²) in [6, 6.07) is 23.3. The van der Waals surface area contributed by atoms with Gasteiger partial charge < -0.3 is 33.9 Å². The standard InChI is InChI=1S/C34H43N5O6S.C34H41N5O5S/c1-37(16-17-38-14-12-35-13-15-38)46(43,44)36-32(40)23-8-10-26-29(18-23)39-21-34(33(41)42)20-28(34)27-19-24(45-2)9-11-25(27)31(39)30(26)22-6-4-3-5-7-22;1-36-12-13-37-14-16-38(17-15-37)33(41)34-20-28(34)27-19-24(44-2)9-11-25(27)31-30(22-6-4-3-5-7-22)26-10-8-23(18-29(26)39(31)21-34)32(40)35-45(36,42)43/h8-11,18-19,22,28,35H,3-7,12-17,20-21H2,1-2H3,(H,36,40)(H,41,42);8-11,18-19,22,28H,3-7,12-17,20-21H2,1-2H3,(H,35,40). The molecule has 4 saturated carbocycles. The van der Waals surface area contributed by atoms with Crippen molar-refractivity contribution in [3.8, 4) is 34.0 Å². The van der Waals surface area contributed by atoms with Crippen LogP contribution in [0.3, 0.4) is 0 Å². The molecular formula is C68H84N10O11S2. The van der Waals surface area contributed by atoms with Gasteiger partial charge in [-0.25, -0.2) is 9.44 Å². The maximum atomic E-state index is 14.6. The van der Waals surface area contributed by atoms with E-state index in [-0.39, 0.29) is 42.9 Å². The molecule has 91 heavy (non-hydrogen) atoms. The van der Waals surface area contributed by atoms with Gasteiger partial charge in [-0.05, 0) is 133 Å². The Morgan fingerprint density at radius 1 is 0.703 bits per heavy atom. The number of rotatable bonds is 11. The molecule has 4 N–H and O–H groups in total. The van der Waals surface area contributed by atoms with Crippen molar-refractivity contribution in [2.45, 2.75) is 114 Å². The van der Waals surface area contributed by atoms with E-state index < -0.39 is 49.0 Å². The van der Waals surface area contributed by atoms with E-state index >= 15 is 0 Å². The van der Waals surface area contributed by atoms with Gasteiger partial charge in [0.05, 0.1) is 36.4 Å². The molecule has 10 aliphatic rings. The molecule has 23 heteroatoms. The summed E-state index contributed by atoms with van der Waals surface area (Å²) in [6.45, 7) is 8.47. The molecular weight excluding hydrogens is 1200 g/mol. The Morgan fingerprint density at radius 3 is 1.88 bits per heavy atom. The predicted octanol–water partition coefficient (Wildman–Crippen LogP) is 7.66. The first-order valence-corrected chi connectivity index (χ1v) is 35.6. The Balaban J connectivity index is 0.000000158. The average molecular weight is 1280 g/mol. The minimum absolute atomic E-state index is 0.0784. The van der Waals surface area contributed by atoms with Crippen LogP contribution in [0.4, 0.5) is 0 Å². The summed E-state index contributed by atoms with van der Waals surface area (Å²) in [4.78, 5) is 61.0. The summed E-state index contributed by atoms with van der Waals surface area (Å²) in [7, 11) is -1.82. The summed E-state index contributed by atoms with van der Waals surface area (Å²) in [5.41, 5.74) is 9.59. The molecule has 0 radical (unpaired) electrons. The number of likely N-dealkylation sites (N-methyl/N-ethyl adjacent to an activating group) is 2. The summed E-state index contributed by atoms with van der Waals surface area (Å²) in [5, 5.41) is 15.9. The van der Waals surface area contributed by atoms with Gasteiger partial charge in [0.2, 0.25) is 5.91 Å². The summed E-state index contributed by atoms with van der Waals surface area (Å²) >= 11 is 0. The molecule has 6 aromatic rings. The zero-order chi connectivity index (χ0) is 63.3. The van der Waals surface area contributed by atoms with Crippen molar-refractivity contribution >= 4 is 65.9 Å². The number of hydrogen-bond acceptors (Lipinski definition) is 13. The average Bonchev–Trinajstić information content (AvgIpc) is 1.53. The molecule has 6 aliphatic heterocycles. The van der Waals surface area contributed by atoms with Crippen LogP contribution in [0.2, 0.25) is 0 Å². The van der Waals surface area contributed by atoms with Crippen molar-refractivity contribution in [3.63, 3.8) is 0 Å². The first-order chi connectivity index (χ1) is 43.8. The van der Waals surface area contributed by atoms with Gasteiger partial charge in [0.1, 0.15) is 11.5 Å². The minimum atomic E-state index is -4.07. The smallest absolute Gasteiger partial charge is 0.312 e. The number of nitrogens with one attached hydrogen (secondary N) is 3. The Labute approximate surface area is 532 Å². The molecule has 1 spiro atoms. The zero-order valence-corrected chi connectivity index (χ0v) is 54.2. The molecule has 2 aromatic heterocycles. The number of carboxylic acid groups (broad SMARTS) is 1. The van der Waals surface area contributed by atoms with Gasteiger partial charge in [-0.1, -0.05) is 50.7 Å². The van der Waals surface area contributed by atoms with Crippen molar-refractivity contribution in [2.75, 3.05) is 107 Å². The number of carbonyl (C=O) groups is 4. The second-order valence-corrected chi connectivity index (χ2v) is 30.7. The second-order valence-electron chi connectivity index (χ2n) is 27.1. The van der Waals surface area contributed by atoms with Gasteiger partial charge in [0.15, 0.2) is 0 Å². The minimum Gasteiger partial charge on any atom is -0.497 e. The molecule has 4 aromatic carbocycles. The number of benzene rings is 4.